The maximum Gasteiger partial charge on any atom is 0.282 e. The van der Waals surface area contributed by atoms with E-state index in [1.54, 1.807) is 0 Å². The average Bonchev–Trinajstić information content (AvgIpc) is 2.98. The molecule has 0 aliphatic carbocycles. The zero-order valence-corrected chi connectivity index (χ0v) is 13.0. The summed E-state index contributed by atoms with van der Waals surface area (Å²) >= 11 is 0. The fourth-order valence-corrected chi connectivity index (χ4v) is 2.47. The molecule has 3 aromatic rings. The van der Waals surface area contributed by atoms with Crippen LogP contribution in [-0.4, -0.2) is 32.2 Å². The first-order valence-electron chi connectivity index (χ1n) is 7.18. The smallest absolute Gasteiger partial charge is 0.282 e. The zero-order valence-electron chi connectivity index (χ0n) is 13.0. The molecule has 0 radical (unpaired) electrons. The van der Waals surface area contributed by atoms with Crippen molar-refractivity contribution in [2.24, 2.45) is 0 Å². The SMILES string of the molecule is CN(Cc1cccc(F)c1F)C(=O)c1c(C(F)F)nc2cnccn12. The molecule has 130 valence electrons. The lowest BCUT2D eigenvalue weighted by atomic mass is 10.2. The van der Waals surface area contributed by atoms with Gasteiger partial charge in [0, 0.05) is 31.5 Å². The van der Waals surface area contributed by atoms with Crippen molar-refractivity contribution in [3.05, 3.63) is 65.4 Å². The molecule has 5 nitrogen and oxygen atoms in total. The summed E-state index contributed by atoms with van der Waals surface area (Å²) in [6.07, 6.45) is 0.929. The Morgan fingerprint density at radius 2 is 2.08 bits per heavy atom. The Balaban J connectivity index is 1.99. The highest BCUT2D eigenvalue weighted by molar-refractivity contribution is 5.94. The molecule has 2 aromatic heterocycles. The summed E-state index contributed by atoms with van der Waals surface area (Å²) in [6, 6.07) is 3.57. The fourth-order valence-electron chi connectivity index (χ4n) is 2.47. The van der Waals surface area contributed by atoms with Gasteiger partial charge < -0.3 is 4.90 Å². The molecule has 9 heteroatoms. The molecule has 0 aliphatic rings. The van der Waals surface area contributed by atoms with Gasteiger partial charge in [0.1, 0.15) is 11.4 Å². The standard InChI is InChI=1S/C16H12F4N4O/c1-23(8-9-3-2-4-10(17)12(9)18)16(25)14-13(15(19)20)22-11-7-21-5-6-24(11)14/h2-7,15H,8H2,1H3. The third-order valence-corrected chi connectivity index (χ3v) is 3.65. The number of imidazole rings is 1. The van der Waals surface area contributed by atoms with E-state index in [0.29, 0.717) is 0 Å². The predicted molar refractivity (Wildman–Crippen MR) is 80.1 cm³/mol. The Kier molecular flexibility index (Phi) is 4.39. The van der Waals surface area contributed by atoms with Gasteiger partial charge in [0.25, 0.3) is 12.3 Å². The molecule has 0 saturated carbocycles. The number of rotatable bonds is 4. The molecule has 1 amide bonds. The molecule has 1 aromatic carbocycles. The van der Waals surface area contributed by atoms with Crippen molar-refractivity contribution in [1.29, 1.82) is 0 Å². The van der Waals surface area contributed by atoms with Gasteiger partial charge in [-0.25, -0.2) is 22.5 Å². The highest BCUT2D eigenvalue weighted by Crippen LogP contribution is 2.25. The number of nitrogens with zero attached hydrogens (tertiary/aromatic N) is 4. The minimum Gasteiger partial charge on any atom is -0.336 e. The number of halogens is 4. The second-order valence-corrected chi connectivity index (χ2v) is 5.33. The first-order chi connectivity index (χ1) is 11.9. The van der Waals surface area contributed by atoms with E-state index >= 15 is 0 Å². The molecule has 0 spiro atoms. The number of aromatic nitrogens is 3. The molecule has 0 fully saturated rings. The normalized spacial score (nSPS) is 11.3. The topological polar surface area (TPSA) is 50.5 Å². The summed E-state index contributed by atoms with van der Waals surface area (Å²) in [5.74, 6) is -2.93. The van der Waals surface area contributed by atoms with E-state index < -0.39 is 29.7 Å². The van der Waals surface area contributed by atoms with E-state index in [4.69, 9.17) is 0 Å². The summed E-state index contributed by atoms with van der Waals surface area (Å²) in [5.41, 5.74) is -1.01. The molecular weight excluding hydrogens is 340 g/mol. The maximum atomic E-state index is 13.8. The average molecular weight is 352 g/mol. The van der Waals surface area contributed by atoms with Crippen molar-refractivity contribution < 1.29 is 22.4 Å². The lowest BCUT2D eigenvalue weighted by molar-refractivity contribution is 0.0762. The number of amides is 1. The van der Waals surface area contributed by atoms with Crippen LogP contribution in [0.2, 0.25) is 0 Å². The van der Waals surface area contributed by atoms with Crippen LogP contribution in [0.15, 0.2) is 36.8 Å². The van der Waals surface area contributed by atoms with Crippen molar-refractivity contribution in [2.45, 2.75) is 13.0 Å². The largest absolute Gasteiger partial charge is 0.336 e. The lowest BCUT2D eigenvalue weighted by Crippen LogP contribution is -2.28. The van der Waals surface area contributed by atoms with E-state index in [1.807, 2.05) is 0 Å². The van der Waals surface area contributed by atoms with E-state index in [1.165, 1.54) is 42.2 Å². The molecule has 0 unspecified atom stereocenters. The van der Waals surface area contributed by atoms with Crippen LogP contribution in [0, 0.1) is 11.6 Å². The van der Waals surface area contributed by atoms with Crippen molar-refractivity contribution in [3.8, 4) is 0 Å². The second-order valence-electron chi connectivity index (χ2n) is 5.33. The van der Waals surface area contributed by atoms with E-state index in [2.05, 4.69) is 9.97 Å². The van der Waals surface area contributed by atoms with Crippen LogP contribution in [0.1, 0.15) is 28.2 Å². The fraction of sp³-hybridized carbons (Fsp3) is 0.188. The molecule has 0 bridgehead atoms. The summed E-state index contributed by atoms with van der Waals surface area (Å²) < 4.78 is 54.8. The van der Waals surface area contributed by atoms with Crippen LogP contribution in [-0.2, 0) is 6.54 Å². The third-order valence-electron chi connectivity index (χ3n) is 3.65. The summed E-state index contributed by atoms with van der Waals surface area (Å²) in [5, 5.41) is 0. The number of benzene rings is 1. The van der Waals surface area contributed by atoms with Crippen LogP contribution in [0.25, 0.3) is 5.65 Å². The third kappa shape index (κ3) is 3.04. The summed E-state index contributed by atoms with van der Waals surface area (Å²) in [4.78, 5) is 21.2. The van der Waals surface area contributed by atoms with Gasteiger partial charge in [-0.1, -0.05) is 12.1 Å². The van der Waals surface area contributed by atoms with Gasteiger partial charge in [0.2, 0.25) is 0 Å². The number of alkyl halides is 2. The number of hydrogen-bond donors (Lipinski definition) is 0. The van der Waals surface area contributed by atoms with Gasteiger partial charge >= 0.3 is 0 Å². The predicted octanol–water partition coefficient (Wildman–Crippen LogP) is 3.22. The molecule has 3 rings (SSSR count). The molecule has 25 heavy (non-hydrogen) atoms. The first-order valence-corrected chi connectivity index (χ1v) is 7.18. The maximum absolute atomic E-state index is 13.8. The van der Waals surface area contributed by atoms with Gasteiger partial charge in [0.15, 0.2) is 17.3 Å². The minimum atomic E-state index is -2.97. The van der Waals surface area contributed by atoms with Crippen molar-refractivity contribution in [2.75, 3.05) is 7.05 Å². The van der Waals surface area contributed by atoms with Gasteiger partial charge in [-0.2, -0.15) is 0 Å². The van der Waals surface area contributed by atoms with Gasteiger partial charge in [-0.15, -0.1) is 0 Å². The van der Waals surface area contributed by atoms with Gasteiger partial charge in [-0.05, 0) is 6.07 Å². The van der Waals surface area contributed by atoms with Crippen LogP contribution in [0.4, 0.5) is 17.6 Å². The van der Waals surface area contributed by atoms with Crippen molar-refractivity contribution in [1.82, 2.24) is 19.3 Å². The Labute approximate surface area is 139 Å². The van der Waals surface area contributed by atoms with Crippen LogP contribution in [0.3, 0.4) is 0 Å². The molecule has 0 saturated heterocycles. The molecule has 0 N–H and O–H groups in total. The molecule has 0 aliphatic heterocycles. The highest BCUT2D eigenvalue weighted by Gasteiger charge is 2.28. The molecular formula is C16H12F4N4O. The minimum absolute atomic E-state index is 0.0649. The van der Waals surface area contributed by atoms with Crippen LogP contribution < -0.4 is 0 Å². The van der Waals surface area contributed by atoms with Gasteiger partial charge in [0.05, 0.1) is 6.20 Å². The van der Waals surface area contributed by atoms with Crippen LogP contribution >= 0.6 is 0 Å². The van der Waals surface area contributed by atoms with E-state index in [0.717, 1.165) is 11.0 Å². The number of fused-ring (bicyclic) bond motifs is 1. The highest BCUT2D eigenvalue weighted by atomic mass is 19.3. The van der Waals surface area contributed by atoms with Gasteiger partial charge in [-0.3, -0.25) is 14.2 Å². The quantitative estimate of drug-likeness (QED) is 0.678. The zero-order chi connectivity index (χ0) is 18.1. The Morgan fingerprint density at radius 1 is 1.32 bits per heavy atom. The van der Waals surface area contributed by atoms with Crippen LogP contribution in [0.5, 0.6) is 0 Å². The van der Waals surface area contributed by atoms with Crippen molar-refractivity contribution in [3.63, 3.8) is 0 Å². The monoisotopic (exact) mass is 352 g/mol. The van der Waals surface area contributed by atoms with E-state index in [-0.39, 0.29) is 23.4 Å². The molecule has 0 atom stereocenters. The Hall–Kier alpha value is -2.97. The Morgan fingerprint density at radius 3 is 2.80 bits per heavy atom. The summed E-state index contributed by atoms with van der Waals surface area (Å²) in [6.45, 7) is -0.288. The van der Waals surface area contributed by atoms with E-state index in [9.17, 15) is 22.4 Å². The number of carbonyl (C=O) groups excluding carboxylic acids is 1. The van der Waals surface area contributed by atoms with Crippen molar-refractivity contribution >= 4 is 11.6 Å². The second kappa shape index (κ2) is 6.50. The lowest BCUT2D eigenvalue weighted by Gasteiger charge is -2.18. The molecule has 2 heterocycles. The Bertz CT molecular complexity index is 941. The number of hydrogen-bond acceptors (Lipinski definition) is 3. The first kappa shape index (κ1) is 16.9. The number of carbonyl (C=O) groups is 1. The summed E-state index contributed by atoms with van der Waals surface area (Å²) in [7, 11) is 1.31.